The highest BCUT2D eigenvalue weighted by Gasteiger charge is 2.05. The normalized spacial score (nSPS) is 11.8. The monoisotopic (exact) mass is 303 g/mol. The molecule has 1 aromatic carbocycles. The molecule has 20 heavy (non-hydrogen) atoms. The molecule has 0 aliphatic rings. The van der Waals surface area contributed by atoms with Gasteiger partial charge in [-0.25, -0.2) is 17.2 Å². The fraction of sp³-hybridized carbons (Fsp3) is 0.308. The fourth-order valence-electron chi connectivity index (χ4n) is 1.43. The summed E-state index contributed by atoms with van der Waals surface area (Å²) in [6.07, 6.45) is 3.43. The molecule has 0 aromatic heterocycles. The summed E-state index contributed by atoms with van der Waals surface area (Å²) in [4.78, 5) is 11.4. The number of sulfone groups is 1. The smallest absolute Gasteiger partial charge is 0.244 e. The van der Waals surface area contributed by atoms with Crippen molar-refractivity contribution in [1.82, 2.24) is 5.32 Å². The van der Waals surface area contributed by atoms with Gasteiger partial charge in [-0.15, -0.1) is 0 Å². The molecule has 0 radical (unpaired) electrons. The number of rotatable bonds is 6. The lowest BCUT2D eigenvalue weighted by Crippen LogP contribution is -2.23. The lowest BCUT2D eigenvalue weighted by Gasteiger charge is -2.02. The first-order valence-corrected chi connectivity index (χ1v) is 7.93. The molecule has 0 aliphatic carbocycles. The van der Waals surface area contributed by atoms with E-state index in [2.05, 4.69) is 5.32 Å². The zero-order valence-electron chi connectivity index (χ0n) is 10.9. The van der Waals surface area contributed by atoms with Crippen molar-refractivity contribution in [2.24, 2.45) is 0 Å². The Bertz CT molecular complexity index is 592. The number of hydrogen-bond donors (Lipinski definition) is 1. The van der Waals surface area contributed by atoms with Gasteiger partial charge in [0.2, 0.25) is 5.91 Å². The van der Waals surface area contributed by atoms with Crippen molar-refractivity contribution in [3.63, 3.8) is 0 Å². The molecule has 1 amide bonds. The summed E-state index contributed by atoms with van der Waals surface area (Å²) in [6, 6.07) is 3.41. The standard InChI is InChI=1S/C13H15F2NO3S/c1-20(18,19)9-3-8-16-13(17)7-6-10-11(14)4-2-5-12(10)15/h2,4-7H,3,8-9H2,1H3,(H,16,17). The highest BCUT2D eigenvalue weighted by Crippen LogP contribution is 2.13. The van der Waals surface area contributed by atoms with Crippen LogP contribution in [0.5, 0.6) is 0 Å². The van der Waals surface area contributed by atoms with Gasteiger partial charge in [0.15, 0.2) is 0 Å². The number of benzene rings is 1. The van der Waals surface area contributed by atoms with E-state index in [4.69, 9.17) is 0 Å². The average molecular weight is 303 g/mol. The number of amides is 1. The highest BCUT2D eigenvalue weighted by molar-refractivity contribution is 7.90. The first-order valence-electron chi connectivity index (χ1n) is 5.87. The van der Waals surface area contributed by atoms with Gasteiger partial charge in [-0.1, -0.05) is 6.07 Å². The molecule has 0 aliphatic heterocycles. The van der Waals surface area contributed by atoms with E-state index in [0.29, 0.717) is 0 Å². The minimum atomic E-state index is -3.06. The van der Waals surface area contributed by atoms with Crippen molar-refractivity contribution in [2.45, 2.75) is 6.42 Å². The van der Waals surface area contributed by atoms with Gasteiger partial charge in [-0.2, -0.15) is 0 Å². The zero-order chi connectivity index (χ0) is 15.2. The molecule has 0 atom stereocenters. The van der Waals surface area contributed by atoms with E-state index in [9.17, 15) is 22.0 Å². The van der Waals surface area contributed by atoms with E-state index in [1.54, 1.807) is 0 Å². The summed E-state index contributed by atoms with van der Waals surface area (Å²) in [5.74, 6) is -2.09. The van der Waals surface area contributed by atoms with Gasteiger partial charge in [-0.05, 0) is 24.6 Å². The van der Waals surface area contributed by atoms with Crippen molar-refractivity contribution in [1.29, 1.82) is 0 Å². The molecule has 4 nitrogen and oxygen atoms in total. The zero-order valence-corrected chi connectivity index (χ0v) is 11.7. The molecular formula is C13H15F2NO3S. The third kappa shape index (κ3) is 5.92. The van der Waals surface area contributed by atoms with Crippen LogP contribution in [0.15, 0.2) is 24.3 Å². The molecule has 0 heterocycles. The van der Waals surface area contributed by atoms with Gasteiger partial charge in [-0.3, -0.25) is 4.79 Å². The summed E-state index contributed by atoms with van der Waals surface area (Å²) in [6.45, 7) is 0.177. The van der Waals surface area contributed by atoms with Crippen LogP contribution < -0.4 is 5.32 Å². The van der Waals surface area contributed by atoms with Crippen molar-refractivity contribution in [3.8, 4) is 0 Å². The Labute approximate surface area is 116 Å². The molecule has 1 rings (SSSR count). The average Bonchev–Trinajstić information content (AvgIpc) is 2.33. The predicted molar refractivity (Wildman–Crippen MR) is 72.7 cm³/mol. The highest BCUT2D eigenvalue weighted by atomic mass is 32.2. The third-order valence-electron chi connectivity index (χ3n) is 2.39. The second kappa shape index (κ2) is 7.14. The molecule has 0 bridgehead atoms. The number of nitrogens with one attached hydrogen (secondary N) is 1. The maximum Gasteiger partial charge on any atom is 0.244 e. The minimum absolute atomic E-state index is 0.0288. The number of halogens is 2. The van der Waals surface area contributed by atoms with Crippen molar-refractivity contribution in [2.75, 3.05) is 18.6 Å². The van der Waals surface area contributed by atoms with E-state index in [1.807, 2.05) is 0 Å². The molecule has 110 valence electrons. The summed E-state index contributed by atoms with van der Waals surface area (Å²) >= 11 is 0. The van der Waals surface area contributed by atoms with Gasteiger partial charge >= 0.3 is 0 Å². The molecule has 0 unspecified atom stereocenters. The first-order chi connectivity index (χ1) is 9.29. The van der Waals surface area contributed by atoms with Crippen LogP contribution in [0.3, 0.4) is 0 Å². The van der Waals surface area contributed by atoms with Crippen molar-refractivity contribution >= 4 is 21.8 Å². The van der Waals surface area contributed by atoms with Gasteiger partial charge in [0.25, 0.3) is 0 Å². The fourth-order valence-corrected chi connectivity index (χ4v) is 2.10. The summed E-state index contributed by atoms with van der Waals surface area (Å²) < 4.78 is 48.2. The second-order valence-corrected chi connectivity index (χ2v) is 6.50. The Kier molecular flexibility index (Phi) is 5.82. The SMILES string of the molecule is CS(=O)(=O)CCCNC(=O)C=Cc1c(F)cccc1F. The van der Waals surface area contributed by atoms with Crippen LogP contribution in [0.25, 0.3) is 6.08 Å². The van der Waals surface area contributed by atoms with E-state index in [0.717, 1.165) is 30.5 Å². The van der Waals surface area contributed by atoms with Crippen molar-refractivity contribution in [3.05, 3.63) is 41.5 Å². The summed E-state index contributed by atoms with van der Waals surface area (Å²) in [5, 5.41) is 2.43. The van der Waals surface area contributed by atoms with Gasteiger partial charge < -0.3 is 5.32 Å². The second-order valence-electron chi connectivity index (χ2n) is 4.24. The predicted octanol–water partition coefficient (Wildman–Crippen LogP) is 1.53. The Morgan fingerprint density at radius 2 is 1.90 bits per heavy atom. The molecule has 7 heteroatoms. The van der Waals surface area contributed by atoms with Crippen LogP contribution in [0, 0.1) is 11.6 Å². The van der Waals surface area contributed by atoms with Crippen molar-refractivity contribution < 1.29 is 22.0 Å². The van der Waals surface area contributed by atoms with Gasteiger partial charge in [0.05, 0.1) is 5.75 Å². The number of hydrogen-bond acceptors (Lipinski definition) is 3. The molecule has 1 aromatic rings. The lowest BCUT2D eigenvalue weighted by molar-refractivity contribution is -0.116. The summed E-state index contributed by atoms with van der Waals surface area (Å²) in [7, 11) is -3.06. The molecule has 1 N–H and O–H groups in total. The molecular weight excluding hydrogens is 288 g/mol. The summed E-state index contributed by atoms with van der Waals surface area (Å²) in [5.41, 5.74) is -0.293. The Morgan fingerprint density at radius 3 is 2.45 bits per heavy atom. The van der Waals surface area contributed by atoms with E-state index < -0.39 is 27.4 Å². The molecule has 0 saturated carbocycles. The lowest BCUT2D eigenvalue weighted by atomic mass is 10.2. The molecule has 0 fully saturated rings. The van der Waals surface area contributed by atoms with Crippen LogP contribution in [0.4, 0.5) is 8.78 Å². The minimum Gasteiger partial charge on any atom is -0.353 e. The first kappa shape index (κ1) is 16.3. The van der Waals surface area contributed by atoms with Crippen LogP contribution in [-0.2, 0) is 14.6 Å². The van der Waals surface area contributed by atoms with Crippen LogP contribution >= 0.6 is 0 Å². The molecule has 0 saturated heterocycles. The van der Waals surface area contributed by atoms with Crippen LogP contribution in [0.1, 0.15) is 12.0 Å². The van der Waals surface area contributed by atoms with Crippen LogP contribution in [-0.4, -0.2) is 32.9 Å². The Morgan fingerprint density at radius 1 is 1.30 bits per heavy atom. The maximum absolute atomic E-state index is 13.2. The van der Waals surface area contributed by atoms with E-state index in [1.165, 1.54) is 6.07 Å². The number of carbonyl (C=O) groups is 1. The van der Waals surface area contributed by atoms with Crippen LogP contribution in [0.2, 0.25) is 0 Å². The third-order valence-corrected chi connectivity index (χ3v) is 3.42. The Hall–Kier alpha value is -1.76. The van der Waals surface area contributed by atoms with E-state index >= 15 is 0 Å². The number of carbonyl (C=O) groups excluding carboxylic acids is 1. The Balaban J connectivity index is 2.48. The molecule has 0 spiro atoms. The van der Waals surface area contributed by atoms with E-state index in [-0.39, 0.29) is 24.3 Å². The largest absolute Gasteiger partial charge is 0.353 e. The van der Waals surface area contributed by atoms with Gasteiger partial charge in [0.1, 0.15) is 21.5 Å². The van der Waals surface area contributed by atoms with Gasteiger partial charge in [0, 0.05) is 24.4 Å². The maximum atomic E-state index is 13.2. The topological polar surface area (TPSA) is 63.2 Å². The quantitative estimate of drug-likeness (QED) is 0.640.